The highest BCUT2D eigenvalue weighted by Crippen LogP contribution is 2.31. The first-order valence-electron chi connectivity index (χ1n) is 8.08. The average Bonchev–Trinajstić information content (AvgIpc) is 2.62. The molecular formula is C19H21NO4. The van der Waals surface area contributed by atoms with Gasteiger partial charge in [-0.15, -0.1) is 0 Å². The number of carbonyl (C=O) groups excluding carboxylic acids is 1. The second-order valence-corrected chi connectivity index (χ2v) is 5.68. The Morgan fingerprint density at radius 1 is 1.17 bits per heavy atom. The van der Waals surface area contributed by atoms with Gasteiger partial charge < -0.3 is 19.5 Å². The van der Waals surface area contributed by atoms with Crippen molar-refractivity contribution in [3.63, 3.8) is 0 Å². The molecular weight excluding hydrogens is 306 g/mol. The smallest absolute Gasteiger partial charge is 0.223 e. The quantitative estimate of drug-likeness (QED) is 0.886. The molecule has 0 radical (unpaired) electrons. The molecule has 1 heterocycles. The second kappa shape index (κ2) is 7.73. The third-order valence-corrected chi connectivity index (χ3v) is 3.82. The van der Waals surface area contributed by atoms with Crippen LogP contribution in [0.5, 0.6) is 17.2 Å². The molecule has 1 N–H and O–H groups in total. The normalized spacial score (nSPS) is 17.0. The van der Waals surface area contributed by atoms with Gasteiger partial charge in [-0.25, -0.2) is 0 Å². The number of ether oxygens (including phenoxy) is 3. The summed E-state index contributed by atoms with van der Waals surface area (Å²) in [6.45, 7) is 2.67. The van der Waals surface area contributed by atoms with Crippen LogP contribution in [0.3, 0.4) is 0 Å². The van der Waals surface area contributed by atoms with Gasteiger partial charge in [0.2, 0.25) is 5.91 Å². The number of amides is 1. The van der Waals surface area contributed by atoms with Crippen molar-refractivity contribution in [1.29, 1.82) is 0 Å². The van der Waals surface area contributed by atoms with E-state index in [9.17, 15) is 4.79 Å². The molecule has 1 aliphatic heterocycles. The molecule has 24 heavy (non-hydrogen) atoms. The molecule has 5 heteroatoms. The van der Waals surface area contributed by atoms with Gasteiger partial charge in [-0.3, -0.25) is 4.79 Å². The van der Waals surface area contributed by atoms with Gasteiger partial charge in [-0.1, -0.05) is 30.3 Å². The summed E-state index contributed by atoms with van der Waals surface area (Å²) in [6.07, 6.45) is 0.0857. The average molecular weight is 327 g/mol. The third-order valence-electron chi connectivity index (χ3n) is 3.82. The summed E-state index contributed by atoms with van der Waals surface area (Å²) in [7, 11) is 0. The van der Waals surface area contributed by atoms with E-state index in [1.54, 1.807) is 0 Å². The summed E-state index contributed by atoms with van der Waals surface area (Å²) in [6, 6.07) is 16.8. The molecule has 0 unspecified atom stereocenters. The lowest BCUT2D eigenvalue weighted by molar-refractivity contribution is -0.123. The molecule has 3 rings (SSSR count). The van der Waals surface area contributed by atoms with Crippen LogP contribution < -0.4 is 19.5 Å². The van der Waals surface area contributed by atoms with Crippen molar-refractivity contribution in [3.05, 3.63) is 54.6 Å². The summed E-state index contributed by atoms with van der Waals surface area (Å²) in [5.74, 6) is 2.14. The molecule has 5 nitrogen and oxygen atoms in total. The molecule has 2 aromatic carbocycles. The van der Waals surface area contributed by atoms with Gasteiger partial charge in [-0.05, 0) is 31.2 Å². The van der Waals surface area contributed by atoms with Crippen molar-refractivity contribution in [2.45, 2.75) is 25.5 Å². The molecule has 2 atom stereocenters. The third kappa shape index (κ3) is 4.19. The number of fused-ring (bicyclic) bond motifs is 1. The molecule has 0 aromatic heterocycles. The fourth-order valence-electron chi connectivity index (χ4n) is 2.48. The summed E-state index contributed by atoms with van der Waals surface area (Å²) in [5.41, 5.74) is 0. The van der Waals surface area contributed by atoms with Gasteiger partial charge in [-0.2, -0.15) is 0 Å². The van der Waals surface area contributed by atoms with Crippen LogP contribution in [-0.4, -0.2) is 31.3 Å². The molecule has 0 saturated carbocycles. The highest BCUT2D eigenvalue weighted by Gasteiger charge is 2.26. The fourth-order valence-corrected chi connectivity index (χ4v) is 2.48. The van der Waals surface area contributed by atoms with E-state index in [4.69, 9.17) is 14.2 Å². The Balaban J connectivity index is 1.43. The SMILES string of the molecule is C[C@H](NC(=O)CCOc1ccccc1)[C@H]1COc2ccccc2O1. The lowest BCUT2D eigenvalue weighted by atomic mass is 10.1. The molecule has 0 fully saturated rings. The number of rotatable bonds is 6. The molecule has 0 aliphatic carbocycles. The zero-order chi connectivity index (χ0) is 16.8. The van der Waals surface area contributed by atoms with E-state index in [1.165, 1.54) is 0 Å². The largest absolute Gasteiger partial charge is 0.493 e. The highest BCUT2D eigenvalue weighted by atomic mass is 16.6. The summed E-state index contributed by atoms with van der Waals surface area (Å²) in [4.78, 5) is 12.0. The Morgan fingerprint density at radius 2 is 1.88 bits per heavy atom. The van der Waals surface area contributed by atoms with Gasteiger partial charge in [0, 0.05) is 0 Å². The topological polar surface area (TPSA) is 56.8 Å². The van der Waals surface area contributed by atoms with E-state index < -0.39 is 0 Å². The molecule has 0 saturated heterocycles. The van der Waals surface area contributed by atoms with Crippen molar-refractivity contribution < 1.29 is 19.0 Å². The van der Waals surface area contributed by atoms with E-state index in [0.717, 1.165) is 11.5 Å². The van der Waals surface area contributed by atoms with E-state index >= 15 is 0 Å². The predicted octanol–water partition coefficient (Wildman–Crippen LogP) is 2.80. The van der Waals surface area contributed by atoms with Crippen molar-refractivity contribution in [2.24, 2.45) is 0 Å². The maximum Gasteiger partial charge on any atom is 0.223 e. The van der Waals surface area contributed by atoms with E-state index in [2.05, 4.69) is 5.32 Å². The van der Waals surface area contributed by atoms with E-state index in [1.807, 2.05) is 61.5 Å². The first kappa shape index (κ1) is 16.2. The van der Waals surface area contributed by atoms with Crippen LogP contribution in [0.25, 0.3) is 0 Å². The van der Waals surface area contributed by atoms with Gasteiger partial charge in [0.15, 0.2) is 17.6 Å². The van der Waals surface area contributed by atoms with E-state index in [-0.39, 0.29) is 18.1 Å². The molecule has 0 bridgehead atoms. The predicted molar refractivity (Wildman–Crippen MR) is 90.5 cm³/mol. The number of hydrogen-bond donors (Lipinski definition) is 1. The van der Waals surface area contributed by atoms with Crippen molar-refractivity contribution in [3.8, 4) is 17.2 Å². The van der Waals surface area contributed by atoms with Crippen LogP contribution in [0.4, 0.5) is 0 Å². The van der Waals surface area contributed by atoms with Crippen LogP contribution in [0.2, 0.25) is 0 Å². The first-order chi connectivity index (χ1) is 11.7. The maximum absolute atomic E-state index is 12.0. The van der Waals surface area contributed by atoms with E-state index in [0.29, 0.717) is 25.4 Å². The molecule has 1 amide bonds. The summed E-state index contributed by atoms with van der Waals surface area (Å²) < 4.78 is 17.1. The highest BCUT2D eigenvalue weighted by molar-refractivity contribution is 5.76. The van der Waals surface area contributed by atoms with Crippen LogP contribution in [0.15, 0.2) is 54.6 Å². The number of benzene rings is 2. The fraction of sp³-hybridized carbons (Fsp3) is 0.316. The van der Waals surface area contributed by atoms with Gasteiger partial charge in [0.25, 0.3) is 0 Å². The zero-order valence-corrected chi connectivity index (χ0v) is 13.6. The number of carbonyl (C=O) groups is 1. The van der Waals surface area contributed by atoms with Crippen LogP contribution >= 0.6 is 0 Å². The van der Waals surface area contributed by atoms with Crippen molar-refractivity contribution in [1.82, 2.24) is 5.32 Å². The number of hydrogen-bond acceptors (Lipinski definition) is 4. The lowest BCUT2D eigenvalue weighted by Crippen LogP contribution is -2.48. The number of nitrogens with one attached hydrogen (secondary N) is 1. The summed E-state index contributed by atoms with van der Waals surface area (Å²) >= 11 is 0. The Labute approximate surface area is 141 Å². The minimum absolute atomic E-state index is 0.0686. The van der Waals surface area contributed by atoms with Crippen molar-refractivity contribution in [2.75, 3.05) is 13.2 Å². The van der Waals surface area contributed by atoms with Gasteiger partial charge in [0.05, 0.1) is 19.1 Å². The first-order valence-corrected chi connectivity index (χ1v) is 8.08. The molecule has 2 aromatic rings. The Hall–Kier alpha value is -2.69. The van der Waals surface area contributed by atoms with Gasteiger partial charge >= 0.3 is 0 Å². The van der Waals surface area contributed by atoms with Crippen LogP contribution in [0.1, 0.15) is 13.3 Å². The monoisotopic (exact) mass is 327 g/mol. The summed E-state index contributed by atoms with van der Waals surface area (Å²) in [5, 5.41) is 2.94. The molecule has 126 valence electrons. The second-order valence-electron chi connectivity index (χ2n) is 5.68. The minimum atomic E-state index is -0.209. The molecule has 0 spiro atoms. The minimum Gasteiger partial charge on any atom is -0.493 e. The van der Waals surface area contributed by atoms with Crippen molar-refractivity contribution >= 4 is 5.91 Å². The standard InChI is InChI=1S/C19H21NO4/c1-14(18-13-23-16-9-5-6-10-17(16)24-18)20-19(21)11-12-22-15-7-3-2-4-8-15/h2-10,14,18H,11-13H2,1H3,(H,20,21)/t14-,18+/m0/s1. The molecule has 1 aliphatic rings. The maximum atomic E-state index is 12.0. The zero-order valence-electron chi connectivity index (χ0n) is 13.6. The Morgan fingerprint density at radius 3 is 2.67 bits per heavy atom. The van der Waals surface area contributed by atoms with Crippen LogP contribution in [0, 0.1) is 0 Å². The number of para-hydroxylation sites is 3. The van der Waals surface area contributed by atoms with Crippen LogP contribution in [-0.2, 0) is 4.79 Å². The lowest BCUT2D eigenvalue weighted by Gasteiger charge is -2.30. The Bertz CT molecular complexity index is 674. The Kier molecular flexibility index (Phi) is 5.21. The van der Waals surface area contributed by atoms with Gasteiger partial charge in [0.1, 0.15) is 12.4 Å².